The van der Waals surface area contributed by atoms with Gasteiger partial charge in [0.2, 0.25) is 5.91 Å². The maximum Gasteiger partial charge on any atom is 0.236 e. The van der Waals surface area contributed by atoms with Gasteiger partial charge >= 0.3 is 0 Å². The maximum atomic E-state index is 12.5. The van der Waals surface area contributed by atoms with E-state index in [9.17, 15) is 10.1 Å². The Labute approximate surface area is 143 Å². The number of anilines is 1. The second-order valence-corrected chi connectivity index (χ2v) is 6.68. The van der Waals surface area contributed by atoms with Crippen LogP contribution in [0.15, 0.2) is 18.3 Å². The number of hydrogen-bond acceptors (Lipinski definition) is 5. The van der Waals surface area contributed by atoms with E-state index in [0.29, 0.717) is 18.2 Å². The lowest BCUT2D eigenvalue weighted by Crippen LogP contribution is -2.52. The topological polar surface area (TPSA) is 63.5 Å². The summed E-state index contributed by atoms with van der Waals surface area (Å²) < 4.78 is 0. The first-order valence-electron chi connectivity index (χ1n) is 8.81. The first kappa shape index (κ1) is 16.7. The Kier molecular flexibility index (Phi) is 5.31. The Morgan fingerprint density at radius 1 is 1.29 bits per heavy atom. The van der Waals surface area contributed by atoms with E-state index < -0.39 is 0 Å². The smallest absolute Gasteiger partial charge is 0.236 e. The molecule has 0 saturated carbocycles. The molecule has 0 spiro atoms. The molecule has 3 rings (SSSR count). The molecule has 2 aliphatic heterocycles. The summed E-state index contributed by atoms with van der Waals surface area (Å²) in [4.78, 5) is 23.3. The summed E-state index contributed by atoms with van der Waals surface area (Å²) in [6, 6.07) is 6.17. The van der Waals surface area contributed by atoms with Gasteiger partial charge in [0.15, 0.2) is 0 Å². The lowest BCUT2D eigenvalue weighted by Gasteiger charge is -2.38. The number of nitriles is 1. The number of rotatable bonds is 3. The molecular weight excluding hydrogens is 302 g/mol. The van der Waals surface area contributed by atoms with Crippen molar-refractivity contribution in [2.75, 3.05) is 44.2 Å². The third-order valence-electron chi connectivity index (χ3n) is 5.06. The van der Waals surface area contributed by atoms with Crippen LogP contribution >= 0.6 is 0 Å². The largest absolute Gasteiger partial charge is 0.353 e. The molecule has 0 aliphatic carbocycles. The summed E-state index contributed by atoms with van der Waals surface area (Å²) in [5.74, 6) is 1.02. The van der Waals surface area contributed by atoms with Crippen molar-refractivity contribution in [1.29, 1.82) is 5.26 Å². The Balaban J connectivity index is 1.54. The van der Waals surface area contributed by atoms with Gasteiger partial charge in [-0.3, -0.25) is 9.69 Å². The fraction of sp³-hybridized carbons (Fsp3) is 0.611. The van der Waals surface area contributed by atoms with Crippen molar-refractivity contribution in [3.63, 3.8) is 0 Å². The monoisotopic (exact) mass is 327 g/mol. The zero-order valence-electron chi connectivity index (χ0n) is 14.3. The number of nitrogens with zero attached hydrogens (tertiary/aromatic N) is 5. The fourth-order valence-corrected chi connectivity index (χ4v) is 3.60. The zero-order chi connectivity index (χ0) is 16.9. The van der Waals surface area contributed by atoms with Gasteiger partial charge in [-0.25, -0.2) is 4.98 Å². The normalized spacial score (nSPS) is 22.2. The molecule has 1 amide bonds. The number of likely N-dealkylation sites (tertiary alicyclic amines) is 1. The van der Waals surface area contributed by atoms with E-state index >= 15 is 0 Å². The summed E-state index contributed by atoms with van der Waals surface area (Å²) in [7, 11) is 0. The van der Waals surface area contributed by atoms with Crippen LogP contribution < -0.4 is 4.90 Å². The van der Waals surface area contributed by atoms with Crippen LogP contribution in [0.25, 0.3) is 0 Å². The third kappa shape index (κ3) is 3.68. The molecule has 3 heterocycles. The number of carbonyl (C=O) groups excluding carboxylic acids is 1. The lowest BCUT2D eigenvalue weighted by molar-refractivity contribution is -0.135. The molecule has 6 nitrogen and oxygen atoms in total. The van der Waals surface area contributed by atoms with Gasteiger partial charge in [0.25, 0.3) is 0 Å². The highest BCUT2D eigenvalue weighted by Crippen LogP contribution is 2.19. The van der Waals surface area contributed by atoms with Gasteiger partial charge in [0.05, 0.1) is 12.1 Å². The number of aromatic nitrogens is 1. The van der Waals surface area contributed by atoms with Crippen molar-refractivity contribution >= 4 is 11.7 Å². The Bertz CT molecular complexity index is 618. The molecule has 0 unspecified atom stereocenters. The van der Waals surface area contributed by atoms with Crippen molar-refractivity contribution in [2.45, 2.75) is 32.2 Å². The molecule has 2 aliphatic rings. The molecule has 24 heavy (non-hydrogen) atoms. The molecule has 0 N–H and O–H groups in total. The van der Waals surface area contributed by atoms with Crippen molar-refractivity contribution in [1.82, 2.24) is 14.8 Å². The highest BCUT2D eigenvalue weighted by atomic mass is 16.2. The molecule has 0 radical (unpaired) electrons. The average molecular weight is 327 g/mol. The molecule has 2 saturated heterocycles. The predicted molar refractivity (Wildman–Crippen MR) is 92.6 cm³/mol. The average Bonchev–Trinajstić information content (AvgIpc) is 2.62. The van der Waals surface area contributed by atoms with Gasteiger partial charge in [-0.15, -0.1) is 0 Å². The van der Waals surface area contributed by atoms with Crippen LogP contribution in [-0.2, 0) is 4.79 Å². The molecule has 1 aromatic rings. The lowest BCUT2D eigenvalue weighted by atomic mass is 10.0. The summed E-state index contributed by atoms with van der Waals surface area (Å²) in [5, 5.41) is 9.21. The van der Waals surface area contributed by atoms with Gasteiger partial charge < -0.3 is 9.80 Å². The van der Waals surface area contributed by atoms with Crippen molar-refractivity contribution in [3.05, 3.63) is 23.9 Å². The standard InChI is InChI=1S/C18H25N5O/c1-15-5-2-3-8-23(15)17(24)14-21-9-11-22(12-10-21)18-16(13-19)6-4-7-20-18/h4,6-7,15H,2-3,5,8-12,14H2,1H3/t15-/m1/s1. The SMILES string of the molecule is C[C@@H]1CCCCN1C(=O)CN1CCN(c2ncccc2C#N)CC1. The number of pyridine rings is 1. The van der Waals surface area contributed by atoms with Crippen LogP contribution in [0.4, 0.5) is 5.82 Å². The van der Waals surface area contributed by atoms with Crippen LogP contribution in [0.2, 0.25) is 0 Å². The van der Waals surface area contributed by atoms with Gasteiger partial charge in [0.1, 0.15) is 11.9 Å². The fourth-order valence-electron chi connectivity index (χ4n) is 3.60. The van der Waals surface area contributed by atoms with Crippen molar-refractivity contribution in [3.8, 4) is 6.07 Å². The van der Waals surface area contributed by atoms with E-state index in [4.69, 9.17) is 0 Å². The van der Waals surface area contributed by atoms with E-state index in [2.05, 4.69) is 27.8 Å². The minimum atomic E-state index is 0.256. The predicted octanol–water partition coefficient (Wildman–Crippen LogP) is 1.48. The summed E-state index contributed by atoms with van der Waals surface area (Å²) >= 11 is 0. The summed E-state index contributed by atoms with van der Waals surface area (Å²) in [5.41, 5.74) is 0.615. The first-order chi connectivity index (χ1) is 11.7. The highest BCUT2D eigenvalue weighted by Gasteiger charge is 2.26. The Morgan fingerprint density at radius 3 is 2.79 bits per heavy atom. The zero-order valence-corrected chi connectivity index (χ0v) is 14.3. The van der Waals surface area contributed by atoms with Gasteiger partial charge in [-0.1, -0.05) is 0 Å². The van der Waals surface area contributed by atoms with Gasteiger partial charge in [0, 0.05) is 45.0 Å². The van der Waals surface area contributed by atoms with Gasteiger partial charge in [-0.05, 0) is 38.3 Å². The quantitative estimate of drug-likeness (QED) is 0.841. The second kappa shape index (κ2) is 7.63. The molecule has 6 heteroatoms. The molecule has 0 aromatic carbocycles. The number of amides is 1. The van der Waals surface area contributed by atoms with Crippen LogP contribution in [0.1, 0.15) is 31.7 Å². The highest BCUT2D eigenvalue weighted by molar-refractivity contribution is 5.78. The number of piperazine rings is 1. The van der Waals surface area contributed by atoms with E-state index in [1.165, 1.54) is 6.42 Å². The van der Waals surface area contributed by atoms with E-state index in [1.54, 1.807) is 18.3 Å². The van der Waals surface area contributed by atoms with E-state index in [-0.39, 0.29) is 5.91 Å². The molecule has 1 atom stereocenters. The molecule has 2 fully saturated rings. The van der Waals surface area contributed by atoms with Crippen molar-refractivity contribution in [2.24, 2.45) is 0 Å². The van der Waals surface area contributed by atoms with Gasteiger partial charge in [-0.2, -0.15) is 5.26 Å². The van der Waals surface area contributed by atoms with Crippen molar-refractivity contribution < 1.29 is 4.79 Å². The molecule has 128 valence electrons. The van der Waals surface area contributed by atoms with Crippen LogP contribution in [0.3, 0.4) is 0 Å². The minimum Gasteiger partial charge on any atom is -0.353 e. The van der Waals surface area contributed by atoms with Crippen LogP contribution in [-0.4, -0.2) is 66.0 Å². The Hall–Kier alpha value is -2.13. The van der Waals surface area contributed by atoms with E-state index in [0.717, 1.165) is 51.4 Å². The molecular formula is C18H25N5O. The van der Waals surface area contributed by atoms with E-state index in [1.807, 2.05) is 4.90 Å². The number of piperidine rings is 1. The molecule has 0 bridgehead atoms. The van der Waals surface area contributed by atoms with Crippen LogP contribution in [0, 0.1) is 11.3 Å². The minimum absolute atomic E-state index is 0.256. The van der Waals surface area contributed by atoms with Crippen LogP contribution in [0.5, 0.6) is 0 Å². The second-order valence-electron chi connectivity index (χ2n) is 6.68. The first-order valence-corrected chi connectivity index (χ1v) is 8.81. The third-order valence-corrected chi connectivity index (χ3v) is 5.06. The number of carbonyl (C=O) groups is 1. The maximum absolute atomic E-state index is 12.5. The molecule has 1 aromatic heterocycles. The summed E-state index contributed by atoms with van der Waals surface area (Å²) in [6.45, 7) is 6.82. The number of hydrogen-bond donors (Lipinski definition) is 0. The summed E-state index contributed by atoms with van der Waals surface area (Å²) in [6.07, 6.45) is 5.20. The Morgan fingerprint density at radius 2 is 2.08 bits per heavy atom.